The molecule has 1 N–H and O–H groups in total. The standard InChI is InChI=1S/C32H43N3S/c36-24-4-2-6-29-13-14-31(25-32(29)30-11-12-30)35-20-15-28(16-21-35)27-9-7-26(8-10-27)5-1-3-19-34-22-17-33-18-23-34/h7-10,13-14,25,28,30,33,36H,1,3-5,11-12,15-24H2. The number of thiol groups is 1. The Balaban J connectivity index is 1.10. The summed E-state index contributed by atoms with van der Waals surface area (Å²) >= 11 is 4.29. The molecule has 2 aromatic rings. The lowest BCUT2D eigenvalue weighted by Gasteiger charge is -2.34. The number of nitrogens with one attached hydrogen (secondary N) is 1. The van der Waals surface area contributed by atoms with Crippen molar-refractivity contribution in [1.29, 1.82) is 0 Å². The lowest BCUT2D eigenvalue weighted by atomic mass is 9.88. The molecule has 0 amide bonds. The molecule has 1 saturated carbocycles. The van der Waals surface area contributed by atoms with Crippen molar-refractivity contribution in [3.05, 3.63) is 64.7 Å². The quantitative estimate of drug-likeness (QED) is 0.255. The summed E-state index contributed by atoms with van der Waals surface area (Å²) in [5.41, 5.74) is 7.15. The van der Waals surface area contributed by atoms with Crippen LogP contribution in [0.5, 0.6) is 0 Å². The van der Waals surface area contributed by atoms with Gasteiger partial charge in [0.2, 0.25) is 0 Å². The van der Waals surface area contributed by atoms with E-state index in [-0.39, 0.29) is 0 Å². The molecular formula is C32H43N3S. The van der Waals surface area contributed by atoms with Crippen molar-refractivity contribution >= 4 is 18.3 Å². The van der Waals surface area contributed by atoms with Gasteiger partial charge in [0.05, 0.1) is 0 Å². The number of piperidine rings is 1. The summed E-state index contributed by atoms with van der Waals surface area (Å²) < 4.78 is 0. The average Bonchev–Trinajstić information content (AvgIpc) is 3.78. The number of anilines is 1. The molecule has 36 heavy (non-hydrogen) atoms. The Morgan fingerprint density at radius 2 is 1.64 bits per heavy atom. The van der Waals surface area contributed by atoms with Crippen molar-refractivity contribution in [2.24, 2.45) is 0 Å². The SMILES string of the molecule is SCCC#Cc1ccc(N2CCC(c3ccc(CCCCN4CCNCC4)cc3)CC2)cc1C1CC1. The summed E-state index contributed by atoms with van der Waals surface area (Å²) in [6.07, 6.45) is 9.80. The second-order valence-corrected chi connectivity index (χ2v) is 11.3. The molecule has 0 radical (unpaired) electrons. The van der Waals surface area contributed by atoms with Gasteiger partial charge in [-0.05, 0) is 98.2 Å². The Kier molecular flexibility index (Phi) is 9.31. The van der Waals surface area contributed by atoms with Crippen LogP contribution in [0, 0.1) is 11.8 Å². The normalized spacial score (nSPS) is 19.2. The molecule has 3 aliphatic rings. The number of aryl methyl sites for hydroxylation is 1. The lowest BCUT2D eigenvalue weighted by molar-refractivity contribution is 0.237. The smallest absolute Gasteiger partial charge is 0.0369 e. The van der Waals surface area contributed by atoms with E-state index in [0.717, 1.165) is 44.3 Å². The molecule has 2 heterocycles. The number of hydrogen-bond donors (Lipinski definition) is 2. The van der Waals surface area contributed by atoms with Crippen LogP contribution in [-0.4, -0.2) is 56.5 Å². The lowest BCUT2D eigenvalue weighted by Crippen LogP contribution is -2.43. The largest absolute Gasteiger partial charge is 0.371 e. The predicted octanol–water partition coefficient (Wildman–Crippen LogP) is 5.85. The molecule has 2 aliphatic heterocycles. The van der Waals surface area contributed by atoms with Crippen LogP contribution in [0.25, 0.3) is 0 Å². The van der Waals surface area contributed by atoms with Gasteiger partial charge in [-0.15, -0.1) is 0 Å². The van der Waals surface area contributed by atoms with E-state index in [2.05, 4.69) is 82.1 Å². The molecule has 0 aromatic heterocycles. The molecule has 3 fully saturated rings. The Bertz CT molecular complexity index is 1020. The zero-order valence-corrected chi connectivity index (χ0v) is 22.7. The molecule has 2 aromatic carbocycles. The number of rotatable bonds is 9. The molecule has 0 unspecified atom stereocenters. The third-order valence-corrected chi connectivity index (χ3v) is 8.45. The summed E-state index contributed by atoms with van der Waals surface area (Å²) in [5, 5.41) is 3.44. The summed E-state index contributed by atoms with van der Waals surface area (Å²) in [4.78, 5) is 5.20. The van der Waals surface area contributed by atoms with Gasteiger partial charge in [-0.25, -0.2) is 0 Å². The maximum Gasteiger partial charge on any atom is 0.0369 e. The van der Waals surface area contributed by atoms with Gasteiger partial charge in [0.1, 0.15) is 0 Å². The van der Waals surface area contributed by atoms with E-state index in [1.54, 1.807) is 0 Å². The third-order valence-electron chi connectivity index (χ3n) is 8.22. The fourth-order valence-corrected chi connectivity index (χ4v) is 5.94. The monoisotopic (exact) mass is 501 g/mol. The zero-order valence-electron chi connectivity index (χ0n) is 21.9. The van der Waals surface area contributed by atoms with Crippen LogP contribution in [0.3, 0.4) is 0 Å². The van der Waals surface area contributed by atoms with E-state index in [1.807, 2.05) is 0 Å². The first-order valence-corrected chi connectivity index (χ1v) is 14.9. The predicted molar refractivity (Wildman–Crippen MR) is 157 cm³/mol. The number of piperazine rings is 1. The molecule has 192 valence electrons. The Labute approximate surface area is 224 Å². The van der Waals surface area contributed by atoms with Crippen LogP contribution in [0.1, 0.15) is 79.0 Å². The molecule has 2 saturated heterocycles. The van der Waals surface area contributed by atoms with E-state index in [0.29, 0.717) is 5.92 Å². The molecule has 4 heteroatoms. The molecule has 3 nitrogen and oxygen atoms in total. The van der Waals surface area contributed by atoms with E-state index < -0.39 is 0 Å². The fraction of sp³-hybridized carbons (Fsp3) is 0.562. The highest BCUT2D eigenvalue weighted by Gasteiger charge is 2.27. The Morgan fingerprint density at radius 1 is 0.861 bits per heavy atom. The molecule has 0 spiro atoms. The molecule has 5 rings (SSSR count). The number of nitrogens with zero attached hydrogens (tertiary/aromatic N) is 2. The second kappa shape index (κ2) is 13.0. The van der Waals surface area contributed by atoms with Crippen LogP contribution in [0.2, 0.25) is 0 Å². The van der Waals surface area contributed by atoms with Crippen molar-refractivity contribution in [2.75, 3.05) is 56.5 Å². The minimum Gasteiger partial charge on any atom is -0.371 e. The van der Waals surface area contributed by atoms with Gasteiger partial charge in [-0.1, -0.05) is 36.1 Å². The van der Waals surface area contributed by atoms with Gasteiger partial charge in [0.15, 0.2) is 0 Å². The highest BCUT2D eigenvalue weighted by molar-refractivity contribution is 7.80. The number of benzene rings is 2. The van der Waals surface area contributed by atoms with Crippen molar-refractivity contribution in [3.63, 3.8) is 0 Å². The first kappa shape index (κ1) is 25.7. The van der Waals surface area contributed by atoms with Gasteiger partial charge < -0.3 is 15.1 Å². The van der Waals surface area contributed by atoms with Crippen LogP contribution in [0.4, 0.5) is 5.69 Å². The minimum absolute atomic E-state index is 0.692. The highest BCUT2D eigenvalue weighted by atomic mass is 32.1. The zero-order chi connectivity index (χ0) is 24.6. The van der Waals surface area contributed by atoms with Gasteiger partial charge in [0, 0.05) is 62.7 Å². The highest BCUT2D eigenvalue weighted by Crippen LogP contribution is 2.43. The molecular weight excluding hydrogens is 458 g/mol. The van der Waals surface area contributed by atoms with Crippen molar-refractivity contribution in [1.82, 2.24) is 10.2 Å². The van der Waals surface area contributed by atoms with Crippen LogP contribution in [-0.2, 0) is 6.42 Å². The molecule has 0 atom stereocenters. The number of hydrogen-bond acceptors (Lipinski definition) is 4. The first-order chi connectivity index (χ1) is 17.8. The van der Waals surface area contributed by atoms with E-state index in [4.69, 9.17) is 0 Å². The average molecular weight is 502 g/mol. The van der Waals surface area contributed by atoms with Gasteiger partial charge in [0.25, 0.3) is 0 Å². The van der Waals surface area contributed by atoms with Crippen LogP contribution < -0.4 is 10.2 Å². The Morgan fingerprint density at radius 3 is 2.36 bits per heavy atom. The summed E-state index contributed by atoms with van der Waals surface area (Å²) in [7, 11) is 0. The summed E-state index contributed by atoms with van der Waals surface area (Å²) in [5.74, 6) is 8.94. The number of unbranched alkanes of at least 4 members (excludes halogenated alkanes) is 1. The minimum atomic E-state index is 0.692. The maximum absolute atomic E-state index is 4.29. The van der Waals surface area contributed by atoms with E-state index in [9.17, 15) is 0 Å². The maximum atomic E-state index is 4.29. The van der Waals surface area contributed by atoms with Crippen molar-refractivity contribution in [3.8, 4) is 11.8 Å². The first-order valence-electron chi connectivity index (χ1n) is 14.3. The van der Waals surface area contributed by atoms with Crippen LogP contribution in [0.15, 0.2) is 42.5 Å². The van der Waals surface area contributed by atoms with Gasteiger partial charge >= 0.3 is 0 Å². The third kappa shape index (κ3) is 7.09. The molecule has 0 bridgehead atoms. The molecule has 1 aliphatic carbocycles. The van der Waals surface area contributed by atoms with Crippen LogP contribution >= 0.6 is 12.6 Å². The second-order valence-electron chi connectivity index (χ2n) is 10.9. The van der Waals surface area contributed by atoms with Gasteiger partial charge in [-0.2, -0.15) is 12.6 Å². The summed E-state index contributed by atoms with van der Waals surface area (Å²) in [6.45, 7) is 8.28. The topological polar surface area (TPSA) is 18.5 Å². The fourth-order valence-electron chi connectivity index (χ4n) is 5.83. The Hall–Kier alpha value is -1.93. The van der Waals surface area contributed by atoms with Crippen molar-refractivity contribution < 1.29 is 0 Å². The van der Waals surface area contributed by atoms with Gasteiger partial charge in [-0.3, -0.25) is 0 Å². The summed E-state index contributed by atoms with van der Waals surface area (Å²) in [6, 6.07) is 16.6. The van der Waals surface area contributed by atoms with E-state index >= 15 is 0 Å². The van der Waals surface area contributed by atoms with E-state index in [1.165, 1.54) is 92.5 Å². The van der Waals surface area contributed by atoms with Crippen molar-refractivity contribution in [2.45, 2.75) is 63.2 Å².